The third-order valence-electron chi connectivity index (χ3n) is 2.78. The molecule has 6 nitrogen and oxygen atoms in total. The highest BCUT2D eigenvalue weighted by molar-refractivity contribution is 9.10. The molecule has 2 N–H and O–H groups in total. The maximum atomic E-state index is 10.4. The second kappa shape index (κ2) is 4.95. The molecule has 2 rings (SSSR count). The molecule has 1 aliphatic carbocycles. The summed E-state index contributed by atoms with van der Waals surface area (Å²) in [7, 11) is 0. The molecule has 1 aromatic heterocycles. The normalized spacial score (nSPS) is 22.9. The largest absolute Gasteiger partial charge is 0.474 e. The van der Waals surface area contributed by atoms with E-state index in [0.29, 0.717) is 24.2 Å². The number of carboxylic acid groups (broad SMARTS) is 1. The van der Waals surface area contributed by atoms with Crippen LogP contribution in [0.1, 0.15) is 18.6 Å². The number of nitrogens with zero attached hydrogens (tertiary/aromatic N) is 1. The standard InChI is InChI=1S/C10H13BrN2O4/c1-5-8(11)9(13-17-5)16-4-6-2-7(3-6)12-10(14)15/h6-7,12H,2-4H2,1H3,(H,14,15)/t6-,7+. The summed E-state index contributed by atoms with van der Waals surface area (Å²) in [5.41, 5.74) is 0. The van der Waals surface area contributed by atoms with Gasteiger partial charge in [0.2, 0.25) is 0 Å². The van der Waals surface area contributed by atoms with Crippen LogP contribution in [0.2, 0.25) is 0 Å². The Morgan fingerprint density at radius 1 is 1.71 bits per heavy atom. The van der Waals surface area contributed by atoms with Gasteiger partial charge in [0.05, 0.1) is 6.61 Å². The molecule has 0 spiro atoms. The van der Waals surface area contributed by atoms with Crippen molar-refractivity contribution in [3.63, 3.8) is 0 Å². The molecule has 1 amide bonds. The predicted octanol–water partition coefficient (Wildman–Crippen LogP) is 2.17. The molecule has 0 saturated heterocycles. The Bertz CT molecular complexity index is 414. The number of carbonyl (C=O) groups is 1. The molecule has 0 atom stereocenters. The third-order valence-corrected chi connectivity index (χ3v) is 3.68. The Balaban J connectivity index is 1.71. The molecular formula is C10H13BrN2O4. The van der Waals surface area contributed by atoms with Crippen molar-refractivity contribution in [3.8, 4) is 5.88 Å². The van der Waals surface area contributed by atoms with E-state index in [-0.39, 0.29) is 6.04 Å². The Kier molecular flexibility index (Phi) is 3.56. The van der Waals surface area contributed by atoms with Crippen molar-refractivity contribution < 1.29 is 19.2 Å². The molecule has 1 fully saturated rings. The lowest BCUT2D eigenvalue weighted by Crippen LogP contribution is -2.45. The summed E-state index contributed by atoms with van der Waals surface area (Å²) in [6.07, 6.45) is 0.644. The van der Waals surface area contributed by atoms with Crippen molar-refractivity contribution in [1.82, 2.24) is 10.5 Å². The van der Waals surface area contributed by atoms with Gasteiger partial charge in [-0.15, -0.1) is 0 Å². The van der Waals surface area contributed by atoms with Gasteiger partial charge in [-0.25, -0.2) is 4.79 Å². The van der Waals surface area contributed by atoms with Crippen LogP contribution in [-0.2, 0) is 0 Å². The van der Waals surface area contributed by atoms with Crippen LogP contribution in [0.4, 0.5) is 4.79 Å². The van der Waals surface area contributed by atoms with E-state index < -0.39 is 6.09 Å². The van der Waals surface area contributed by atoms with Crippen LogP contribution in [-0.4, -0.2) is 29.0 Å². The molecule has 0 radical (unpaired) electrons. The van der Waals surface area contributed by atoms with Crippen LogP contribution >= 0.6 is 15.9 Å². The molecule has 1 aliphatic rings. The van der Waals surface area contributed by atoms with Crippen LogP contribution in [0.15, 0.2) is 9.00 Å². The molecule has 1 heterocycles. The lowest BCUT2D eigenvalue weighted by Gasteiger charge is -2.34. The Labute approximate surface area is 106 Å². The topological polar surface area (TPSA) is 84.6 Å². The minimum absolute atomic E-state index is 0.0589. The summed E-state index contributed by atoms with van der Waals surface area (Å²) < 4.78 is 11.2. The fourth-order valence-electron chi connectivity index (χ4n) is 1.79. The van der Waals surface area contributed by atoms with Crippen molar-refractivity contribution in [2.45, 2.75) is 25.8 Å². The van der Waals surface area contributed by atoms with E-state index in [9.17, 15) is 4.79 Å². The molecule has 0 unspecified atom stereocenters. The smallest absolute Gasteiger partial charge is 0.404 e. The van der Waals surface area contributed by atoms with Crippen molar-refractivity contribution >= 4 is 22.0 Å². The molecule has 7 heteroatoms. The Morgan fingerprint density at radius 3 is 2.94 bits per heavy atom. The zero-order chi connectivity index (χ0) is 12.4. The average Bonchev–Trinajstić information content (AvgIpc) is 2.52. The molecule has 0 aliphatic heterocycles. The fourth-order valence-corrected chi connectivity index (χ4v) is 2.05. The van der Waals surface area contributed by atoms with Gasteiger partial charge in [-0.1, -0.05) is 0 Å². The van der Waals surface area contributed by atoms with E-state index in [1.807, 2.05) is 0 Å². The van der Waals surface area contributed by atoms with Gasteiger partial charge < -0.3 is 19.7 Å². The molecule has 17 heavy (non-hydrogen) atoms. The van der Waals surface area contributed by atoms with E-state index in [2.05, 4.69) is 26.4 Å². The highest BCUT2D eigenvalue weighted by Crippen LogP contribution is 2.31. The van der Waals surface area contributed by atoms with Gasteiger partial charge in [-0.2, -0.15) is 0 Å². The molecule has 0 aromatic carbocycles. The van der Waals surface area contributed by atoms with E-state index in [0.717, 1.165) is 17.3 Å². The highest BCUT2D eigenvalue weighted by Gasteiger charge is 2.31. The first kappa shape index (κ1) is 12.2. The zero-order valence-electron chi connectivity index (χ0n) is 9.27. The summed E-state index contributed by atoms with van der Waals surface area (Å²) in [5, 5.41) is 14.7. The van der Waals surface area contributed by atoms with Crippen LogP contribution in [0.5, 0.6) is 5.88 Å². The molecule has 0 bridgehead atoms. The van der Waals surface area contributed by atoms with Gasteiger partial charge in [0.1, 0.15) is 4.47 Å². The quantitative estimate of drug-likeness (QED) is 0.890. The summed E-state index contributed by atoms with van der Waals surface area (Å²) in [6.45, 7) is 2.32. The lowest BCUT2D eigenvalue weighted by molar-refractivity contribution is 0.125. The molecular weight excluding hydrogens is 292 g/mol. The first-order chi connectivity index (χ1) is 8.06. The SMILES string of the molecule is Cc1onc(OC[C@H]2C[C@@H](NC(=O)O)C2)c1Br. The van der Waals surface area contributed by atoms with Gasteiger partial charge in [0.15, 0.2) is 5.76 Å². The molecule has 1 saturated carbocycles. The average molecular weight is 305 g/mol. The van der Waals surface area contributed by atoms with Gasteiger partial charge >= 0.3 is 6.09 Å². The fraction of sp³-hybridized carbons (Fsp3) is 0.600. The van der Waals surface area contributed by atoms with Gasteiger partial charge in [0, 0.05) is 6.04 Å². The Hall–Kier alpha value is -1.24. The van der Waals surface area contributed by atoms with Crippen molar-refractivity contribution in [1.29, 1.82) is 0 Å². The number of aryl methyl sites for hydroxylation is 1. The van der Waals surface area contributed by atoms with Crippen LogP contribution < -0.4 is 10.1 Å². The minimum Gasteiger partial charge on any atom is -0.474 e. The second-order valence-electron chi connectivity index (χ2n) is 4.15. The van der Waals surface area contributed by atoms with Crippen LogP contribution in [0, 0.1) is 12.8 Å². The highest BCUT2D eigenvalue weighted by atomic mass is 79.9. The summed E-state index contributed by atoms with van der Waals surface area (Å²) in [5.74, 6) is 1.51. The first-order valence-corrected chi connectivity index (χ1v) is 6.09. The summed E-state index contributed by atoms with van der Waals surface area (Å²) >= 11 is 3.31. The molecule has 94 valence electrons. The van der Waals surface area contributed by atoms with Gasteiger partial charge in [-0.05, 0) is 46.8 Å². The van der Waals surface area contributed by atoms with Crippen molar-refractivity contribution in [2.24, 2.45) is 5.92 Å². The van der Waals surface area contributed by atoms with E-state index in [1.165, 1.54) is 0 Å². The summed E-state index contributed by atoms with van der Waals surface area (Å²) in [6, 6.07) is 0.0589. The van der Waals surface area contributed by atoms with Gasteiger partial charge in [0.25, 0.3) is 5.88 Å². The number of aromatic nitrogens is 1. The monoisotopic (exact) mass is 304 g/mol. The maximum Gasteiger partial charge on any atom is 0.404 e. The maximum absolute atomic E-state index is 10.4. The number of rotatable bonds is 4. The van der Waals surface area contributed by atoms with Crippen molar-refractivity contribution in [2.75, 3.05) is 6.61 Å². The van der Waals surface area contributed by atoms with Crippen LogP contribution in [0.25, 0.3) is 0 Å². The lowest BCUT2D eigenvalue weighted by atomic mass is 9.81. The number of hydrogen-bond acceptors (Lipinski definition) is 4. The minimum atomic E-state index is -0.968. The van der Waals surface area contributed by atoms with Crippen LogP contribution in [0.3, 0.4) is 0 Å². The number of ether oxygens (including phenoxy) is 1. The van der Waals surface area contributed by atoms with E-state index in [4.69, 9.17) is 14.4 Å². The first-order valence-electron chi connectivity index (χ1n) is 5.30. The number of hydrogen-bond donors (Lipinski definition) is 2. The van der Waals surface area contributed by atoms with Crippen molar-refractivity contribution in [3.05, 3.63) is 10.2 Å². The number of halogens is 1. The zero-order valence-corrected chi connectivity index (χ0v) is 10.9. The number of nitrogens with one attached hydrogen (secondary N) is 1. The second-order valence-corrected chi connectivity index (χ2v) is 4.95. The van der Waals surface area contributed by atoms with E-state index >= 15 is 0 Å². The van der Waals surface area contributed by atoms with E-state index in [1.54, 1.807) is 6.92 Å². The van der Waals surface area contributed by atoms with Gasteiger partial charge in [-0.3, -0.25) is 0 Å². The summed E-state index contributed by atoms with van der Waals surface area (Å²) in [4.78, 5) is 10.4. The number of amides is 1. The molecule has 1 aromatic rings. The Morgan fingerprint density at radius 2 is 2.41 bits per heavy atom. The predicted molar refractivity (Wildman–Crippen MR) is 62.1 cm³/mol. The third kappa shape index (κ3) is 2.91.